The van der Waals surface area contributed by atoms with E-state index in [-0.39, 0.29) is 5.82 Å². The number of benzene rings is 1. The van der Waals surface area contributed by atoms with Gasteiger partial charge >= 0.3 is 6.18 Å². The molecule has 2 heterocycles. The molecule has 2 aromatic rings. The van der Waals surface area contributed by atoms with E-state index in [1.807, 2.05) is 7.05 Å². The Balaban J connectivity index is 1.72. The van der Waals surface area contributed by atoms with E-state index in [1.165, 1.54) is 6.07 Å². The molecule has 0 saturated carbocycles. The van der Waals surface area contributed by atoms with Crippen molar-refractivity contribution in [2.24, 2.45) is 0 Å². The van der Waals surface area contributed by atoms with Crippen LogP contribution >= 0.6 is 0 Å². The molecule has 0 spiro atoms. The van der Waals surface area contributed by atoms with Crippen LogP contribution in [0.1, 0.15) is 24.3 Å². The highest BCUT2D eigenvalue weighted by Crippen LogP contribution is 2.31. The van der Waals surface area contributed by atoms with Gasteiger partial charge in [0.15, 0.2) is 0 Å². The first-order valence-electron chi connectivity index (χ1n) is 7.85. The fourth-order valence-corrected chi connectivity index (χ4v) is 2.90. The second-order valence-corrected chi connectivity index (χ2v) is 5.95. The molecule has 0 radical (unpaired) electrons. The van der Waals surface area contributed by atoms with Crippen molar-refractivity contribution in [3.63, 3.8) is 0 Å². The fourth-order valence-electron chi connectivity index (χ4n) is 2.90. The quantitative estimate of drug-likeness (QED) is 0.927. The summed E-state index contributed by atoms with van der Waals surface area (Å²) < 4.78 is 43.6. The molecule has 130 valence electrons. The lowest BCUT2D eigenvalue weighted by molar-refractivity contribution is -0.137. The zero-order chi connectivity index (χ0) is 17.2. The molecular formula is C16H19F3N4O. The number of hydrogen-bond acceptors (Lipinski definition) is 5. The van der Waals surface area contributed by atoms with Gasteiger partial charge in [-0.2, -0.15) is 18.2 Å². The molecule has 1 N–H and O–H groups in total. The molecular weight excluding hydrogens is 321 g/mol. The van der Waals surface area contributed by atoms with E-state index in [4.69, 9.17) is 4.52 Å². The van der Waals surface area contributed by atoms with Gasteiger partial charge in [-0.25, -0.2) is 0 Å². The summed E-state index contributed by atoms with van der Waals surface area (Å²) in [5.41, 5.74) is -0.425. The number of nitrogens with one attached hydrogen (secondary N) is 1. The van der Waals surface area contributed by atoms with Crippen LogP contribution in [0.4, 0.5) is 13.2 Å². The minimum atomic E-state index is -4.39. The Bertz CT molecular complexity index is 686. The largest absolute Gasteiger partial charge is 0.416 e. The van der Waals surface area contributed by atoms with Crippen LogP contribution in [0, 0.1) is 0 Å². The second-order valence-electron chi connectivity index (χ2n) is 5.95. The molecule has 1 unspecified atom stereocenters. The standard InChI is InChI=1S/C16H19F3N4O/c1-20-13-6-3-7-23(9-13)10-14-21-15(22-24-14)11-4-2-5-12(8-11)16(17,18)19/h2,4-5,8,13,20H,3,6-7,9-10H2,1H3. The maximum Gasteiger partial charge on any atom is 0.416 e. The third-order valence-electron chi connectivity index (χ3n) is 4.19. The fraction of sp³-hybridized carbons (Fsp3) is 0.500. The monoisotopic (exact) mass is 340 g/mol. The summed E-state index contributed by atoms with van der Waals surface area (Å²) >= 11 is 0. The minimum Gasteiger partial charge on any atom is -0.338 e. The molecule has 1 aromatic carbocycles. The van der Waals surface area contributed by atoms with Crippen LogP contribution in [0.25, 0.3) is 11.4 Å². The first-order chi connectivity index (χ1) is 11.5. The van der Waals surface area contributed by atoms with E-state index in [1.54, 1.807) is 6.07 Å². The van der Waals surface area contributed by atoms with Crippen LogP contribution in [0.5, 0.6) is 0 Å². The summed E-state index contributed by atoms with van der Waals surface area (Å²) in [6, 6.07) is 5.38. The maximum atomic E-state index is 12.8. The van der Waals surface area contributed by atoms with Crippen LogP contribution in [0.3, 0.4) is 0 Å². The second kappa shape index (κ2) is 6.90. The SMILES string of the molecule is CNC1CCCN(Cc2nc(-c3cccc(C(F)(F)F)c3)no2)C1. The van der Waals surface area contributed by atoms with E-state index in [0.29, 0.717) is 24.0 Å². The Labute approximate surface area is 137 Å². The highest BCUT2D eigenvalue weighted by molar-refractivity contribution is 5.55. The molecule has 3 rings (SSSR count). The number of alkyl halides is 3. The Morgan fingerprint density at radius 3 is 2.96 bits per heavy atom. The lowest BCUT2D eigenvalue weighted by atomic mass is 10.1. The average molecular weight is 340 g/mol. The molecule has 1 fully saturated rings. The van der Waals surface area contributed by atoms with E-state index in [0.717, 1.165) is 38.1 Å². The molecule has 1 aliphatic heterocycles. The number of likely N-dealkylation sites (N-methyl/N-ethyl adjacent to an activating group) is 1. The molecule has 1 saturated heterocycles. The van der Waals surface area contributed by atoms with Crippen molar-refractivity contribution in [3.8, 4) is 11.4 Å². The predicted octanol–water partition coefficient (Wildman–Crippen LogP) is 2.94. The number of aromatic nitrogens is 2. The van der Waals surface area contributed by atoms with Gasteiger partial charge in [-0.05, 0) is 38.6 Å². The number of hydrogen-bond donors (Lipinski definition) is 1. The third-order valence-corrected chi connectivity index (χ3v) is 4.19. The minimum absolute atomic E-state index is 0.179. The third kappa shape index (κ3) is 3.93. The molecule has 5 nitrogen and oxygen atoms in total. The van der Waals surface area contributed by atoms with Gasteiger partial charge in [0.2, 0.25) is 11.7 Å². The predicted molar refractivity (Wildman–Crippen MR) is 82.1 cm³/mol. The summed E-state index contributed by atoms with van der Waals surface area (Å²) in [7, 11) is 1.94. The van der Waals surface area contributed by atoms with Gasteiger partial charge in [0, 0.05) is 18.2 Å². The Morgan fingerprint density at radius 1 is 1.38 bits per heavy atom. The lowest BCUT2D eigenvalue weighted by Crippen LogP contribution is -2.43. The zero-order valence-electron chi connectivity index (χ0n) is 13.3. The molecule has 0 aliphatic carbocycles. The van der Waals surface area contributed by atoms with E-state index in [2.05, 4.69) is 20.4 Å². The van der Waals surface area contributed by atoms with Crippen LogP contribution in [-0.4, -0.2) is 41.2 Å². The molecule has 1 atom stereocenters. The van der Waals surface area contributed by atoms with Crippen LogP contribution in [0.2, 0.25) is 0 Å². The van der Waals surface area contributed by atoms with Gasteiger partial charge in [0.25, 0.3) is 0 Å². The zero-order valence-corrected chi connectivity index (χ0v) is 13.3. The summed E-state index contributed by atoms with van der Waals surface area (Å²) in [6.45, 7) is 2.33. The number of piperidine rings is 1. The Hall–Kier alpha value is -1.93. The summed E-state index contributed by atoms with van der Waals surface area (Å²) in [4.78, 5) is 6.44. The van der Waals surface area contributed by atoms with E-state index >= 15 is 0 Å². The van der Waals surface area contributed by atoms with Crippen LogP contribution in [0.15, 0.2) is 28.8 Å². The highest BCUT2D eigenvalue weighted by Gasteiger charge is 2.30. The topological polar surface area (TPSA) is 54.2 Å². The summed E-state index contributed by atoms with van der Waals surface area (Å²) in [6.07, 6.45) is -2.18. The molecule has 24 heavy (non-hydrogen) atoms. The van der Waals surface area contributed by atoms with E-state index < -0.39 is 11.7 Å². The number of nitrogens with zero attached hydrogens (tertiary/aromatic N) is 3. The average Bonchev–Trinajstić information content (AvgIpc) is 3.03. The number of likely N-dealkylation sites (tertiary alicyclic amines) is 1. The van der Waals surface area contributed by atoms with Crippen molar-refractivity contribution in [2.45, 2.75) is 31.6 Å². The van der Waals surface area contributed by atoms with Gasteiger partial charge in [-0.1, -0.05) is 17.3 Å². The van der Waals surface area contributed by atoms with Gasteiger partial charge in [0.1, 0.15) is 0 Å². The van der Waals surface area contributed by atoms with Crippen molar-refractivity contribution in [2.75, 3.05) is 20.1 Å². The van der Waals surface area contributed by atoms with Crippen molar-refractivity contribution in [1.29, 1.82) is 0 Å². The van der Waals surface area contributed by atoms with Crippen molar-refractivity contribution < 1.29 is 17.7 Å². The summed E-state index contributed by atoms with van der Waals surface area (Å²) in [5, 5.41) is 7.07. The Morgan fingerprint density at radius 2 is 2.21 bits per heavy atom. The molecule has 8 heteroatoms. The molecule has 1 aliphatic rings. The smallest absolute Gasteiger partial charge is 0.338 e. The van der Waals surface area contributed by atoms with Gasteiger partial charge in [0.05, 0.1) is 12.1 Å². The Kier molecular flexibility index (Phi) is 4.86. The number of halogens is 3. The summed E-state index contributed by atoms with van der Waals surface area (Å²) in [5.74, 6) is 0.595. The first kappa shape index (κ1) is 16.9. The molecule has 0 bridgehead atoms. The first-order valence-corrected chi connectivity index (χ1v) is 7.85. The van der Waals surface area contributed by atoms with Crippen molar-refractivity contribution >= 4 is 0 Å². The highest BCUT2D eigenvalue weighted by atomic mass is 19.4. The normalized spacial score (nSPS) is 19.6. The van der Waals surface area contributed by atoms with Gasteiger partial charge in [-0.3, -0.25) is 4.90 Å². The van der Waals surface area contributed by atoms with Crippen LogP contribution < -0.4 is 5.32 Å². The number of rotatable bonds is 4. The molecule has 0 amide bonds. The van der Waals surface area contributed by atoms with Crippen molar-refractivity contribution in [3.05, 3.63) is 35.7 Å². The van der Waals surface area contributed by atoms with Gasteiger partial charge in [-0.15, -0.1) is 0 Å². The maximum absolute atomic E-state index is 12.8. The van der Waals surface area contributed by atoms with Crippen molar-refractivity contribution in [1.82, 2.24) is 20.4 Å². The van der Waals surface area contributed by atoms with E-state index in [9.17, 15) is 13.2 Å². The molecule has 1 aromatic heterocycles. The lowest BCUT2D eigenvalue weighted by Gasteiger charge is -2.31. The van der Waals surface area contributed by atoms with Crippen LogP contribution in [-0.2, 0) is 12.7 Å². The van der Waals surface area contributed by atoms with Gasteiger partial charge < -0.3 is 9.84 Å².